The van der Waals surface area contributed by atoms with Gasteiger partial charge < -0.3 is 0 Å². The zero-order valence-corrected chi connectivity index (χ0v) is 13.1. The fourth-order valence-electron chi connectivity index (χ4n) is 2.06. The number of hydrogen-bond donors (Lipinski definition) is 0. The molecule has 1 aromatic carbocycles. The van der Waals surface area contributed by atoms with Crippen LogP contribution in [-0.2, 0) is 6.54 Å². The van der Waals surface area contributed by atoms with Gasteiger partial charge in [0.25, 0.3) is 0 Å². The SMILES string of the molecule is Cc1ccc(Cn2nc(C)c(C=Nn3cnnc3)c2Cl)cc1. The molecule has 0 unspecified atom stereocenters. The van der Waals surface area contributed by atoms with E-state index in [1.54, 1.807) is 10.9 Å². The lowest BCUT2D eigenvalue weighted by Crippen LogP contribution is -2.02. The first-order chi connectivity index (χ1) is 10.6. The van der Waals surface area contributed by atoms with Crippen molar-refractivity contribution in [2.75, 3.05) is 0 Å². The van der Waals surface area contributed by atoms with Crippen LogP contribution in [0.25, 0.3) is 0 Å². The van der Waals surface area contributed by atoms with Crippen molar-refractivity contribution in [1.29, 1.82) is 0 Å². The number of aromatic nitrogens is 5. The zero-order chi connectivity index (χ0) is 15.5. The molecule has 7 heteroatoms. The molecule has 0 aliphatic carbocycles. The molecule has 0 atom stereocenters. The maximum Gasteiger partial charge on any atom is 0.141 e. The topological polar surface area (TPSA) is 60.9 Å². The minimum absolute atomic E-state index is 0.565. The van der Waals surface area contributed by atoms with Crippen molar-refractivity contribution >= 4 is 17.8 Å². The van der Waals surface area contributed by atoms with Gasteiger partial charge in [0, 0.05) is 0 Å². The molecule has 22 heavy (non-hydrogen) atoms. The third-order valence-electron chi connectivity index (χ3n) is 3.29. The van der Waals surface area contributed by atoms with Crippen molar-refractivity contribution in [3.8, 4) is 0 Å². The van der Waals surface area contributed by atoms with Crippen LogP contribution < -0.4 is 0 Å². The van der Waals surface area contributed by atoms with Gasteiger partial charge in [-0.2, -0.15) is 10.2 Å². The van der Waals surface area contributed by atoms with Gasteiger partial charge in [-0.25, -0.2) is 9.36 Å². The Bertz CT molecular complexity index is 786. The molecule has 6 nitrogen and oxygen atoms in total. The van der Waals surface area contributed by atoms with Crippen molar-refractivity contribution in [2.45, 2.75) is 20.4 Å². The van der Waals surface area contributed by atoms with E-state index in [-0.39, 0.29) is 0 Å². The van der Waals surface area contributed by atoms with E-state index in [0.717, 1.165) is 16.8 Å². The van der Waals surface area contributed by atoms with E-state index in [1.165, 1.54) is 22.9 Å². The van der Waals surface area contributed by atoms with Gasteiger partial charge >= 0.3 is 0 Å². The van der Waals surface area contributed by atoms with Crippen molar-refractivity contribution in [2.24, 2.45) is 5.10 Å². The smallest absolute Gasteiger partial charge is 0.141 e. The standard InChI is InChI=1S/C15H15ClN6/c1-11-3-5-13(6-4-11)8-22-15(16)14(12(2)20-22)7-19-21-9-17-18-10-21/h3-7,9-10H,8H2,1-2H3. The van der Waals surface area contributed by atoms with Gasteiger partial charge in [0.15, 0.2) is 0 Å². The van der Waals surface area contributed by atoms with Crippen LogP contribution in [0.4, 0.5) is 0 Å². The Morgan fingerprint density at radius 1 is 1.14 bits per heavy atom. The highest BCUT2D eigenvalue weighted by atomic mass is 35.5. The number of halogens is 1. The average molecular weight is 315 g/mol. The Balaban J connectivity index is 1.85. The van der Waals surface area contributed by atoms with Crippen molar-refractivity contribution in [1.82, 2.24) is 24.7 Å². The second-order valence-corrected chi connectivity index (χ2v) is 5.38. The summed E-state index contributed by atoms with van der Waals surface area (Å²) in [5.74, 6) is 0. The Hall–Kier alpha value is -2.47. The Morgan fingerprint density at radius 2 is 1.82 bits per heavy atom. The number of nitrogens with zero attached hydrogens (tertiary/aromatic N) is 6. The lowest BCUT2D eigenvalue weighted by molar-refractivity contribution is 0.680. The first-order valence-electron chi connectivity index (χ1n) is 6.81. The number of benzene rings is 1. The molecular weight excluding hydrogens is 300 g/mol. The first-order valence-corrected chi connectivity index (χ1v) is 7.18. The van der Waals surface area contributed by atoms with Crippen molar-refractivity contribution in [3.63, 3.8) is 0 Å². The van der Waals surface area contributed by atoms with Gasteiger partial charge in [0.1, 0.15) is 17.8 Å². The maximum absolute atomic E-state index is 6.42. The highest BCUT2D eigenvalue weighted by Crippen LogP contribution is 2.19. The monoisotopic (exact) mass is 314 g/mol. The fraction of sp³-hybridized carbons (Fsp3) is 0.200. The maximum atomic E-state index is 6.42. The lowest BCUT2D eigenvalue weighted by atomic mass is 10.1. The molecule has 0 fully saturated rings. The van der Waals surface area contributed by atoms with E-state index in [0.29, 0.717) is 11.7 Å². The van der Waals surface area contributed by atoms with Gasteiger partial charge in [-0.15, -0.1) is 10.2 Å². The normalized spacial score (nSPS) is 11.4. The predicted molar refractivity (Wildman–Crippen MR) is 85.3 cm³/mol. The van der Waals surface area contributed by atoms with Crippen LogP contribution in [0.15, 0.2) is 42.0 Å². The molecule has 0 aliphatic rings. The molecule has 112 valence electrons. The third-order valence-corrected chi connectivity index (χ3v) is 3.69. The summed E-state index contributed by atoms with van der Waals surface area (Å²) in [4.78, 5) is 0. The zero-order valence-electron chi connectivity index (χ0n) is 12.3. The van der Waals surface area contributed by atoms with Gasteiger partial charge in [-0.05, 0) is 19.4 Å². The molecule has 0 saturated carbocycles. The van der Waals surface area contributed by atoms with E-state index in [9.17, 15) is 0 Å². The summed E-state index contributed by atoms with van der Waals surface area (Å²) in [6, 6.07) is 8.31. The molecule has 0 saturated heterocycles. The van der Waals surface area contributed by atoms with Crippen molar-refractivity contribution in [3.05, 3.63) is 64.5 Å². The minimum atomic E-state index is 0.565. The van der Waals surface area contributed by atoms with Crippen LogP contribution >= 0.6 is 11.6 Å². The van der Waals surface area contributed by atoms with E-state index >= 15 is 0 Å². The summed E-state index contributed by atoms with van der Waals surface area (Å²) in [6.45, 7) is 4.60. The lowest BCUT2D eigenvalue weighted by Gasteiger charge is -2.04. The highest BCUT2D eigenvalue weighted by molar-refractivity contribution is 6.32. The minimum Gasteiger partial charge on any atom is -0.249 e. The fourth-order valence-corrected chi connectivity index (χ4v) is 2.35. The summed E-state index contributed by atoms with van der Waals surface area (Å²) < 4.78 is 3.28. The van der Waals surface area contributed by atoms with Gasteiger partial charge in [0.2, 0.25) is 0 Å². The third kappa shape index (κ3) is 3.07. The average Bonchev–Trinajstić information content (AvgIpc) is 3.10. The summed E-state index contributed by atoms with van der Waals surface area (Å²) >= 11 is 6.42. The first kappa shape index (κ1) is 14.5. The molecule has 3 rings (SSSR count). The van der Waals surface area contributed by atoms with Crippen LogP contribution in [-0.4, -0.2) is 30.9 Å². The van der Waals surface area contributed by atoms with E-state index in [2.05, 4.69) is 51.6 Å². The van der Waals surface area contributed by atoms with Crippen LogP contribution in [0, 0.1) is 13.8 Å². The number of rotatable bonds is 4. The molecule has 0 aliphatic heterocycles. The Labute approximate surface area is 133 Å². The molecule has 0 spiro atoms. The highest BCUT2D eigenvalue weighted by Gasteiger charge is 2.12. The van der Waals surface area contributed by atoms with Crippen LogP contribution in [0.2, 0.25) is 5.15 Å². The molecule has 0 amide bonds. The van der Waals surface area contributed by atoms with Crippen molar-refractivity contribution < 1.29 is 0 Å². The summed E-state index contributed by atoms with van der Waals surface area (Å²) in [5, 5.41) is 16.7. The van der Waals surface area contributed by atoms with Crippen LogP contribution in [0.1, 0.15) is 22.4 Å². The van der Waals surface area contributed by atoms with E-state index in [4.69, 9.17) is 11.6 Å². The molecular formula is C15H15ClN6. The number of hydrogen-bond acceptors (Lipinski definition) is 4. The molecule has 3 aromatic rings. The van der Waals surface area contributed by atoms with Gasteiger partial charge in [0.05, 0.1) is 24.0 Å². The van der Waals surface area contributed by atoms with E-state index in [1.807, 2.05) is 6.92 Å². The van der Waals surface area contributed by atoms with E-state index < -0.39 is 0 Å². The molecule has 0 radical (unpaired) electrons. The number of aryl methyl sites for hydroxylation is 2. The molecule has 0 N–H and O–H groups in total. The summed E-state index contributed by atoms with van der Waals surface area (Å²) in [7, 11) is 0. The predicted octanol–water partition coefficient (Wildman–Crippen LogP) is 2.68. The second kappa shape index (κ2) is 6.11. The second-order valence-electron chi connectivity index (χ2n) is 5.02. The summed E-state index contributed by atoms with van der Waals surface area (Å²) in [5.41, 5.74) is 4.00. The van der Waals surface area contributed by atoms with Gasteiger partial charge in [-0.1, -0.05) is 41.4 Å². The van der Waals surface area contributed by atoms with Crippen LogP contribution in [0.3, 0.4) is 0 Å². The Kier molecular flexibility index (Phi) is 4.02. The quantitative estimate of drug-likeness (QED) is 0.696. The molecule has 0 bridgehead atoms. The largest absolute Gasteiger partial charge is 0.249 e. The van der Waals surface area contributed by atoms with Gasteiger partial charge in [-0.3, -0.25) is 0 Å². The molecule has 2 heterocycles. The molecule has 2 aromatic heterocycles. The summed E-state index contributed by atoms with van der Waals surface area (Å²) in [6.07, 6.45) is 4.69. The Morgan fingerprint density at radius 3 is 2.50 bits per heavy atom. The van der Waals surface area contributed by atoms with Crippen LogP contribution in [0.5, 0.6) is 0 Å².